The predicted molar refractivity (Wildman–Crippen MR) is 62.2 cm³/mol. The Hall–Kier alpha value is 0. The van der Waals surface area contributed by atoms with Crippen molar-refractivity contribution in [1.29, 1.82) is 0 Å². The molecule has 0 aromatic rings. The number of rotatable bonds is 2. The summed E-state index contributed by atoms with van der Waals surface area (Å²) in [5.74, 6) is 1.82. The summed E-state index contributed by atoms with van der Waals surface area (Å²) in [6.07, 6.45) is 9.10. The van der Waals surface area contributed by atoms with E-state index in [0.29, 0.717) is 0 Å². The molecule has 0 spiro atoms. The van der Waals surface area contributed by atoms with E-state index in [1.165, 1.54) is 38.5 Å². The molecule has 0 nitrogen and oxygen atoms in total. The molecule has 3 saturated carbocycles. The second-order valence-electron chi connectivity index (χ2n) is 6.53. The van der Waals surface area contributed by atoms with Crippen LogP contribution in [0.5, 0.6) is 0 Å². The Morgan fingerprint density at radius 3 is 0.929 bits per heavy atom. The predicted octanol–water partition coefficient (Wildman–Crippen LogP) is 4.64. The van der Waals surface area contributed by atoms with E-state index in [1.54, 1.807) is 0 Å². The highest BCUT2D eigenvalue weighted by Crippen LogP contribution is 2.62. The normalized spacial score (nSPS) is 42.4. The zero-order valence-corrected chi connectivity index (χ0v) is 10.4. The molecule has 0 radical (unpaired) electrons. The lowest BCUT2D eigenvalue weighted by Gasteiger charge is -2.57. The van der Waals surface area contributed by atoms with Gasteiger partial charge in [-0.15, -0.1) is 0 Å². The molecule has 3 fully saturated rings. The first kappa shape index (κ1) is 10.5. The minimum Gasteiger partial charge on any atom is -0.0622 e. The molecule has 0 amide bonds. The van der Waals surface area contributed by atoms with Crippen LogP contribution < -0.4 is 0 Å². The highest BCUT2D eigenvalue weighted by atomic mass is 14.6. The quantitative estimate of drug-likeness (QED) is 0.601. The van der Waals surface area contributed by atoms with Gasteiger partial charge in [0.2, 0.25) is 0 Å². The van der Waals surface area contributed by atoms with Crippen LogP contribution in [0.15, 0.2) is 0 Å². The van der Waals surface area contributed by atoms with Crippen LogP contribution in [0.2, 0.25) is 0 Å². The van der Waals surface area contributed by atoms with Crippen LogP contribution in [0.3, 0.4) is 0 Å². The molecule has 0 saturated heterocycles. The van der Waals surface area contributed by atoms with E-state index in [9.17, 15) is 0 Å². The topological polar surface area (TPSA) is 0 Å². The summed E-state index contributed by atoms with van der Waals surface area (Å²) in [6, 6.07) is 0. The second kappa shape index (κ2) is 3.25. The first-order valence-corrected chi connectivity index (χ1v) is 6.51. The van der Waals surface area contributed by atoms with Gasteiger partial charge in [0, 0.05) is 0 Å². The van der Waals surface area contributed by atoms with Gasteiger partial charge in [-0.1, -0.05) is 27.7 Å². The monoisotopic (exact) mass is 194 g/mol. The molecule has 3 rings (SSSR count). The molecule has 14 heavy (non-hydrogen) atoms. The van der Waals surface area contributed by atoms with Crippen LogP contribution in [-0.4, -0.2) is 0 Å². The largest absolute Gasteiger partial charge is 0.0622 e. The Morgan fingerprint density at radius 1 is 0.571 bits per heavy atom. The number of hydrogen-bond donors (Lipinski definition) is 0. The highest BCUT2D eigenvalue weighted by molar-refractivity contribution is 5.01. The van der Waals surface area contributed by atoms with Gasteiger partial charge in [-0.25, -0.2) is 0 Å². The fourth-order valence-corrected chi connectivity index (χ4v) is 3.98. The zero-order valence-electron chi connectivity index (χ0n) is 10.4. The molecule has 82 valence electrons. The van der Waals surface area contributed by atoms with E-state index in [0.717, 1.165) is 22.7 Å². The third-order valence-corrected chi connectivity index (χ3v) is 5.81. The molecule has 3 aliphatic carbocycles. The third-order valence-electron chi connectivity index (χ3n) is 5.81. The Morgan fingerprint density at radius 2 is 0.786 bits per heavy atom. The average molecular weight is 194 g/mol. The lowest BCUT2D eigenvalue weighted by atomic mass is 9.48. The summed E-state index contributed by atoms with van der Waals surface area (Å²) in [4.78, 5) is 0. The number of fused-ring (bicyclic) bond motifs is 3. The lowest BCUT2D eigenvalue weighted by molar-refractivity contribution is -0.0623. The summed E-state index contributed by atoms with van der Waals surface area (Å²) >= 11 is 0. The first-order valence-electron chi connectivity index (χ1n) is 6.51. The Balaban J connectivity index is 2.13. The van der Waals surface area contributed by atoms with E-state index in [4.69, 9.17) is 0 Å². The fourth-order valence-electron chi connectivity index (χ4n) is 3.98. The molecule has 0 aromatic carbocycles. The Labute approximate surface area is 89.5 Å². The van der Waals surface area contributed by atoms with Crippen molar-refractivity contribution in [1.82, 2.24) is 0 Å². The Bertz CT molecular complexity index is 164. The zero-order chi connectivity index (χ0) is 10.4. The SMILES string of the molecule is CC(C)C12CCC(C(C)C)(CC1)CC2. The van der Waals surface area contributed by atoms with Crippen LogP contribution in [0.4, 0.5) is 0 Å². The molecule has 2 bridgehead atoms. The third kappa shape index (κ3) is 1.33. The van der Waals surface area contributed by atoms with E-state index in [-0.39, 0.29) is 0 Å². The minimum absolute atomic E-state index is 0.747. The van der Waals surface area contributed by atoms with E-state index in [2.05, 4.69) is 27.7 Å². The molecular weight excluding hydrogens is 168 g/mol. The maximum absolute atomic E-state index is 2.44. The average Bonchev–Trinajstić information content (AvgIpc) is 2.20. The fraction of sp³-hybridized carbons (Fsp3) is 1.00. The van der Waals surface area contributed by atoms with E-state index >= 15 is 0 Å². The van der Waals surface area contributed by atoms with Crippen molar-refractivity contribution in [2.75, 3.05) is 0 Å². The lowest BCUT2D eigenvalue weighted by Crippen LogP contribution is -2.46. The summed E-state index contributed by atoms with van der Waals surface area (Å²) in [5, 5.41) is 0. The number of hydrogen-bond acceptors (Lipinski definition) is 0. The standard InChI is InChI=1S/C14H26/c1-11(2)13-5-8-14(9-6-13,10-7-13)12(3)4/h11-12H,5-10H2,1-4H3. The van der Waals surface area contributed by atoms with Gasteiger partial charge in [-0.3, -0.25) is 0 Å². The van der Waals surface area contributed by atoms with Crippen molar-refractivity contribution in [2.45, 2.75) is 66.2 Å². The summed E-state index contributed by atoms with van der Waals surface area (Å²) in [5.41, 5.74) is 1.49. The maximum Gasteiger partial charge on any atom is -0.0274 e. The molecule has 3 aliphatic rings. The van der Waals surface area contributed by atoms with Gasteiger partial charge in [0.25, 0.3) is 0 Å². The first-order chi connectivity index (χ1) is 6.51. The molecule has 0 heterocycles. The van der Waals surface area contributed by atoms with Gasteiger partial charge in [-0.2, -0.15) is 0 Å². The van der Waals surface area contributed by atoms with Crippen molar-refractivity contribution in [3.63, 3.8) is 0 Å². The van der Waals surface area contributed by atoms with Gasteiger partial charge in [-0.05, 0) is 61.2 Å². The van der Waals surface area contributed by atoms with Crippen molar-refractivity contribution in [3.05, 3.63) is 0 Å². The van der Waals surface area contributed by atoms with Crippen molar-refractivity contribution >= 4 is 0 Å². The molecule has 0 heteroatoms. The molecular formula is C14H26. The van der Waals surface area contributed by atoms with Crippen LogP contribution in [0.1, 0.15) is 66.2 Å². The van der Waals surface area contributed by atoms with Crippen LogP contribution in [0.25, 0.3) is 0 Å². The van der Waals surface area contributed by atoms with E-state index < -0.39 is 0 Å². The van der Waals surface area contributed by atoms with Gasteiger partial charge in [0.15, 0.2) is 0 Å². The molecule has 0 aliphatic heterocycles. The molecule has 0 N–H and O–H groups in total. The molecule has 0 aromatic heterocycles. The summed E-state index contributed by atoms with van der Waals surface area (Å²) in [6.45, 7) is 9.75. The van der Waals surface area contributed by atoms with Gasteiger partial charge < -0.3 is 0 Å². The van der Waals surface area contributed by atoms with Crippen LogP contribution in [0, 0.1) is 22.7 Å². The second-order valence-corrected chi connectivity index (χ2v) is 6.53. The van der Waals surface area contributed by atoms with Gasteiger partial charge in [0.05, 0.1) is 0 Å². The molecule has 0 atom stereocenters. The van der Waals surface area contributed by atoms with E-state index in [1.807, 2.05) is 0 Å². The highest BCUT2D eigenvalue weighted by Gasteiger charge is 2.50. The van der Waals surface area contributed by atoms with Crippen molar-refractivity contribution in [2.24, 2.45) is 22.7 Å². The summed E-state index contributed by atoms with van der Waals surface area (Å²) < 4.78 is 0. The van der Waals surface area contributed by atoms with Crippen molar-refractivity contribution < 1.29 is 0 Å². The molecule has 0 unspecified atom stereocenters. The Kier molecular flexibility index (Phi) is 2.44. The smallest absolute Gasteiger partial charge is 0.0274 e. The minimum atomic E-state index is 0.747. The van der Waals surface area contributed by atoms with Crippen LogP contribution >= 0.6 is 0 Å². The maximum atomic E-state index is 2.44. The van der Waals surface area contributed by atoms with Crippen LogP contribution in [-0.2, 0) is 0 Å². The van der Waals surface area contributed by atoms with Gasteiger partial charge >= 0.3 is 0 Å². The van der Waals surface area contributed by atoms with Gasteiger partial charge in [0.1, 0.15) is 0 Å². The van der Waals surface area contributed by atoms with Crippen molar-refractivity contribution in [3.8, 4) is 0 Å². The summed E-state index contributed by atoms with van der Waals surface area (Å²) in [7, 11) is 0.